The van der Waals surface area contributed by atoms with Gasteiger partial charge in [0.05, 0.1) is 23.8 Å². The largest absolute Gasteiger partial charge is 0.339 e. The number of anilines is 1. The highest BCUT2D eigenvalue weighted by Gasteiger charge is 2.21. The highest BCUT2D eigenvalue weighted by Crippen LogP contribution is 2.20. The van der Waals surface area contributed by atoms with E-state index in [-0.39, 0.29) is 0 Å². The first-order chi connectivity index (χ1) is 14.2. The first-order valence-electron chi connectivity index (χ1n) is 9.03. The van der Waals surface area contributed by atoms with Crippen LogP contribution in [-0.4, -0.2) is 31.6 Å². The van der Waals surface area contributed by atoms with Crippen molar-refractivity contribution in [1.82, 2.24) is 25.1 Å². The van der Waals surface area contributed by atoms with E-state index in [2.05, 4.69) is 25.7 Å². The maximum atomic E-state index is 12.6. The fourth-order valence-corrected chi connectivity index (χ4v) is 3.04. The molecule has 1 atom stereocenters. The van der Waals surface area contributed by atoms with Crippen molar-refractivity contribution in [1.29, 1.82) is 0 Å². The third-order valence-corrected chi connectivity index (χ3v) is 4.43. The van der Waals surface area contributed by atoms with Crippen molar-refractivity contribution in [2.45, 2.75) is 12.6 Å². The number of nitrogens with zero attached hydrogens (tertiary/aromatic N) is 4. The van der Waals surface area contributed by atoms with Crippen LogP contribution in [0, 0.1) is 0 Å². The summed E-state index contributed by atoms with van der Waals surface area (Å²) >= 11 is 0. The van der Waals surface area contributed by atoms with Crippen LogP contribution in [0.2, 0.25) is 0 Å². The van der Waals surface area contributed by atoms with Gasteiger partial charge in [0.15, 0.2) is 0 Å². The van der Waals surface area contributed by atoms with Gasteiger partial charge >= 0.3 is 11.8 Å². The van der Waals surface area contributed by atoms with Crippen LogP contribution >= 0.6 is 0 Å². The molecular weight excluding hydrogens is 368 g/mol. The van der Waals surface area contributed by atoms with E-state index in [0.29, 0.717) is 17.7 Å². The predicted octanol–water partition coefficient (Wildman–Crippen LogP) is 2.32. The minimum Gasteiger partial charge on any atom is -0.339 e. The zero-order valence-corrected chi connectivity index (χ0v) is 15.4. The molecule has 29 heavy (non-hydrogen) atoms. The van der Waals surface area contributed by atoms with Gasteiger partial charge in [0.1, 0.15) is 12.7 Å². The molecule has 4 aromatic rings. The lowest BCUT2D eigenvalue weighted by Crippen LogP contribution is -2.39. The average Bonchev–Trinajstić information content (AvgIpc) is 3.27. The summed E-state index contributed by atoms with van der Waals surface area (Å²) in [5.41, 5.74) is 1.96. The van der Waals surface area contributed by atoms with Gasteiger partial charge < -0.3 is 10.6 Å². The van der Waals surface area contributed by atoms with E-state index in [9.17, 15) is 9.59 Å². The minimum absolute atomic E-state index is 0.346. The predicted molar refractivity (Wildman–Crippen MR) is 108 cm³/mol. The molecule has 1 unspecified atom stereocenters. The Morgan fingerprint density at radius 3 is 2.59 bits per heavy atom. The molecule has 0 fully saturated rings. The number of rotatable bonds is 5. The van der Waals surface area contributed by atoms with Gasteiger partial charge in [-0.1, -0.05) is 48.5 Å². The monoisotopic (exact) mass is 386 g/mol. The minimum atomic E-state index is -0.761. The number of aromatic nitrogens is 4. The highest BCUT2D eigenvalue weighted by molar-refractivity contribution is 6.40. The topological polar surface area (TPSA) is 102 Å². The van der Waals surface area contributed by atoms with Gasteiger partial charge in [0.2, 0.25) is 0 Å². The van der Waals surface area contributed by atoms with Crippen LogP contribution in [0.15, 0.2) is 79.5 Å². The van der Waals surface area contributed by atoms with Crippen molar-refractivity contribution in [3.05, 3.63) is 85.1 Å². The van der Waals surface area contributed by atoms with Gasteiger partial charge in [-0.2, -0.15) is 5.10 Å². The molecule has 2 N–H and O–H groups in total. The Morgan fingerprint density at radius 2 is 1.79 bits per heavy atom. The van der Waals surface area contributed by atoms with Crippen LogP contribution in [0.1, 0.15) is 11.6 Å². The molecule has 0 aliphatic carbocycles. The van der Waals surface area contributed by atoms with Gasteiger partial charge in [-0.05, 0) is 17.7 Å². The summed E-state index contributed by atoms with van der Waals surface area (Å²) in [4.78, 5) is 33.4. The van der Waals surface area contributed by atoms with Crippen LogP contribution in [0.4, 0.5) is 5.69 Å². The highest BCUT2D eigenvalue weighted by atomic mass is 16.2. The van der Waals surface area contributed by atoms with Crippen LogP contribution in [0.25, 0.3) is 10.9 Å². The van der Waals surface area contributed by atoms with Crippen LogP contribution in [0.5, 0.6) is 0 Å². The molecule has 2 aromatic carbocycles. The molecular formula is C21H18N6O2. The third kappa shape index (κ3) is 4.27. The van der Waals surface area contributed by atoms with E-state index in [1.165, 1.54) is 6.33 Å². The number of pyridine rings is 1. The van der Waals surface area contributed by atoms with Gasteiger partial charge in [-0.15, -0.1) is 0 Å². The Bertz CT molecular complexity index is 1120. The second-order valence-electron chi connectivity index (χ2n) is 6.39. The summed E-state index contributed by atoms with van der Waals surface area (Å²) in [6.45, 7) is 0.346. The number of carbonyl (C=O) groups is 2. The fraction of sp³-hybridized carbons (Fsp3) is 0.0952. The molecule has 2 amide bonds. The summed E-state index contributed by atoms with van der Waals surface area (Å²) < 4.78 is 1.60. The van der Waals surface area contributed by atoms with Gasteiger partial charge in [-0.3, -0.25) is 19.3 Å². The standard InChI is InChI=1S/C21H18N6O2/c28-20(25-17-10-4-8-16-9-5-11-23-19(16)17)21(29)26-18(12-27-14-22-13-24-27)15-6-2-1-3-7-15/h1-11,13-14,18H,12H2,(H,25,28)(H,26,29). The Kier molecular flexibility index (Phi) is 5.24. The molecule has 0 radical (unpaired) electrons. The van der Waals surface area contributed by atoms with Crippen molar-refractivity contribution in [2.24, 2.45) is 0 Å². The Hall–Kier alpha value is -4.07. The van der Waals surface area contributed by atoms with Gasteiger partial charge in [0, 0.05) is 11.6 Å². The molecule has 0 aliphatic rings. The Morgan fingerprint density at radius 1 is 0.966 bits per heavy atom. The van der Waals surface area contributed by atoms with Crippen molar-refractivity contribution in [3.63, 3.8) is 0 Å². The summed E-state index contributed by atoms with van der Waals surface area (Å²) in [5.74, 6) is -1.51. The number of amides is 2. The van der Waals surface area contributed by atoms with Gasteiger partial charge in [-0.25, -0.2) is 4.98 Å². The second kappa shape index (κ2) is 8.30. The van der Waals surface area contributed by atoms with E-state index in [4.69, 9.17) is 0 Å². The molecule has 2 aromatic heterocycles. The molecule has 0 saturated heterocycles. The Balaban J connectivity index is 1.51. The van der Waals surface area contributed by atoms with Gasteiger partial charge in [0.25, 0.3) is 0 Å². The smallest absolute Gasteiger partial charge is 0.313 e. The number of carbonyl (C=O) groups excluding carboxylic acids is 2. The molecule has 0 spiro atoms. The SMILES string of the molecule is O=C(Nc1cccc2cccnc12)C(=O)NC(Cn1cncn1)c1ccccc1. The summed E-state index contributed by atoms with van der Waals surface area (Å²) in [7, 11) is 0. The molecule has 8 nitrogen and oxygen atoms in total. The lowest BCUT2D eigenvalue weighted by Gasteiger charge is -2.19. The lowest BCUT2D eigenvalue weighted by molar-refractivity contribution is -0.136. The van der Waals surface area contributed by atoms with Crippen LogP contribution < -0.4 is 10.6 Å². The first kappa shape index (κ1) is 18.3. The van der Waals surface area contributed by atoms with E-state index in [1.807, 2.05) is 48.5 Å². The molecule has 0 saturated carbocycles. The molecule has 0 aliphatic heterocycles. The molecule has 144 valence electrons. The first-order valence-corrected chi connectivity index (χ1v) is 9.03. The van der Waals surface area contributed by atoms with Crippen molar-refractivity contribution < 1.29 is 9.59 Å². The van der Waals surface area contributed by atoms with Crippen LogP contribution in [-0.2, 0) is 16.1 Å². The number of benzene rings is 2. The fourth-order valence-electron chi connectivity index (χ4n) is 3.04. The number of hydrogen-bond acceptors (Lipinski definition) is 5. The average molecular weight is 386 g/mol. The van der Waals surface area contributed by atoms with Crippen molar-refractivity contribution in [3.8, 4) is 0 Å². The Labute approximate surface area is 166 Å². The molecule has 8 heteroatoms. The van der Waals surface area contributed by atoms with E-state index in [0.717, 1.165) is 10.9 Å². The van der Waals surface area contributed by atoms with Crippen LogP contribution in [0.3, 0.4) is 0 Å². The number of nitrogens with one attached hydrogen (secondary N) is 2. The quantitative estimate of drug-likeness (QED) is 0.513. The summed E-state index contributed by atoms with van der Waals surface area (Å²) in [6.07, 6.45) is 4.62. The molecule has 2 heterocycles. The summed E-state index contributed by atoms with van der Waals surface area (Å²) in [6, 6.07) is 18.1. The summed E-state index contributed by atoms with van der Waals surface area (Å²) in [5, 5.41) is 10.4. The van der Waals surface area contributed by atoms with E-state index < -0.39 is 17.9 Å². The van der Waals surface area contributed by atoms with E-state index in [1.54, 1.807) is 29.3 Å². The number of fused-ring (bicyclic) bond motifs is 1. The molecule has 4 rings (SSSR count). The second-order valence-corrected chi connectivity index (χ2v) is 6.39. The maximum Gasteiger partial charge on any atom is 0.313 e. The maximum absolute atomic E-state index is 12.6. The normalized spacial score (nSPS) is 11.7. The molecule has 0 bridgehead atoms. The lowest BCUT2D eigenvalue weighted by atomic mass is 10.1. The number of hydrogen-bond donors (Lipinski definition) is 2. The number of para-hydroxylation sites is 1. The van der Waals surface area contributed by atoms with E-state index >= 15 is 0 Å². The zero-order chi connectivity index (χ0) is 20.1. The van der Waals surface area contributed by atoms with Crippen molar-refractivity contribution >= 4 is 28.4 Å². The zero-order valence-electron chi connectivity index (χ0n) is 15.4. The third-order valence-electron chi connectivity index (χ3n) is 4.43. The van der Waals surface area contributed by atoms with Crippen molar-refractivity contribution in [2.75, 3.05) is 5.32 Å².